The van der Waals surface area contributed by atoms with E-state index >= 15 is 0 Å². The fourth-order valence-electron chi connectivity index (χ4n) is 4.55. The normalized spacial score (nSPS) is 25.3. The van der Waals surface area contributed by atoms with E-state index < -0.39 is 0 Å². The molecule has 3 amide bonds. The van der Waals surface area contributed by atoms with Crippen LogP contribution in [0.2, 0.25) is 0 Å². The molecule has 2 atom stereocenters. The Hall–Kier alpha value is -2.41. The quantitative estimate of drug-likeness (QED) is 0.812. The second-order valence-electron chi connectivity index (χ2n) is 7.99. The number of hydrogen-bond donors (Lipinski definition) is 2. The lowest BCUT2D eigenvalue weighted by atomic mass is 9.89. The van der Waals surface area contributed by atoms with E-state index in [1.807, 2.05) is 34.1 Å². The maximum atomic E-state index is 12.8. The summed E-state index contributed by atoms with van der Waals surface area (Å²) >= 11 is 0. The van der Waals surface area contributed by atoms with Gasteiger partial charge in [0.15, 0.2) is 0 Å². The van der Waals surface area contributed by atoms with Gasteiger partial charge in [-0.25, -0.2) is 0 Å². The smallest absolute Gasteiger partial charge is 0.236 e. The van der Waals surface area contributed by atoms with E-state index in [-0.39, 0.29) is 29.7 Å². The van der Waals surface area contributed by atoms with Crippen molar-refractivity contribution in [2.24, 2.45) is 5.92 Å². The molecule has 7 heteroatoms. The average Bonchev–Trinajstić information content (AvgIpc) is 2.72. The van der Waals surface area contributed by atoms with Crippen LogP contribution >= 0.6 is 0 Å². The number of carbonyl (C=O) groups is 3. The number of carbonyl (C=O) groups excluding carboxylic acids is 3. The number of rotatable bonds is 4. The van der Waals surface area contributed by atoms with Crippen LogP contribution in [0.3, 0.4) is 0 Å². The predicted molar refractivity (Wildman–Crippen MR) is 106 cm³/mol. The van der Waals surface area contributed by atoms with Crippen LogP contribution in [0.25, 0.3) is 0 Å². The van der Waals surface area contributed by atoms with Gasteiger partial charge in [0.2, 0.25) is 17.7 Å². The number of para-hydroxylation sites is 1. The monoisotopic (exact) mass is 384 g/mol. The summed E-state index contributed by atoms with van der Waals surface area (Å²) in [6.45, 7) is 3.28. The Bertz CT molecular complexity index is 766. The van der Waals surface area contributed by atoms with E-state index in [9.17, 15) is 14.4 Å². The number of fused-ring (bicyclic) bond motifs is 1. The van der Waals surface area contributed by atoms with Gasteiger partial charge in [-0.3, -0.25) is 14.4 Å². The van der Waals surface area contributed by atoms with Crippen LogP contribution in [-0.2, 0) is 20.8 Å². The Morgan fingerprint density at radius 1 is 1.18 bits per heavy atom. The van der Waals surface area contributed by atoms with Crippen LogP contribution in [0, 0.1) is 5.92 Å². The summed E-state index contributed by atoms with van der Waals surface area (Å²) in [6, 6.07) is 7.96. The van der Waals surface area contributed by atoms with E-state index in [2.05, 4.69) is 10.6 Å². The molecular weight excluding hydrogens is 356 g/mol. The minimum absolute atomic E-state index is 0.00874. The average molecular weight is 384 g/mol. The number of hydrogen-bond acceptors (Lipinski definition) is 4. The second kappa shape index (κ2) is 8.31. The zero-order valence-corrected chi connectivity index (χ0v) is 16.2. The van der Waals surface area contributed by atoms with Crippen molar-refractivity contribution in [3.63, 3.8) is 0 Å². The van der Waals surface area contributed by atoms with Gasteiger partial charge in [0.05, 0.1) is 6.54 Å². The third-order valence-corrected chi connectivity index (χ3v) is 6.14. The highest BCUT2D eigenvalue weighted by Crippen LogP contribution is 2.28. The van der Waals surface area contributed by atoms with Gasteiger partial charge >= 0.3 is 0 Å². The van der Waals surface area contributed by atoms with Gasteiger partial charge in [-0.15, -0.1) is 0 Å². The SMILES string of the molecule is O=C1Nc2ccccc2CC1CCC(=O)N1CCCC(N2CCNCC2=O)C1. The number of likely N-dealkylation sites (tertiary alicyclic amines) is 1. The van der Waals surface area contributed by atoms with Gasteiger partial charge in [0.1, 0.15) is 0 Å². The minimum atomic E-state index is -0.158. The molecule has 0 bridgehead atoms. The lowest BCUT2D eigenvalue weighted by Crippen LogP contribution is -2.57. The molecule has 1 aromatic rings. The zero-order chi connectivity index (χ0) is 19.5. The molecule has 2 saturated heterocycles. The molecule has 3 aliphatic rings. The maximum Gasteiger partial charge on any atom is 0.236 e. The Balaban J connectivity index is 1.31. The van der Waals surface area contributed by atoms with Crippen LogP contribution in [0.15, 0.2) is 24.3 Å². The Morgan fingerprint density at radius 2 is 2.04 bits per heavy atom. The molecule has 1 aromatic carbocycles. The summed E-state index contributed by atoms with van der Waals surface area (Å²) in [6.07, 6.45) is 3.50. The van der Waals surface area contributed by atoms with E-state index in [0.29, 0.717) is 38.9 Å². The van der Waals surface area contributed by atoms with Crippen molar-refractivity contribution in [3.8, 4) is 0 Å². The number of amides is 3. The largest absolute Gasteiger partial charge is 0.341 e. The van der Waals surface area contributed by atoms with Gasteiger partial charge in [-0.1, -0.05) is 18.2 Å². The van der Waals surface area contributed by atoms with E-state index in [1.165, 1.54) is 0 Å². The molecule has 28 heavy (non-hydrogen) atoms. The summed E-state index contributed by atoms with van der Waals surface area (Å²) in [7, 11) is 0. The molecule has 0 radical (unpaired) electrons. The molecule has 2 unspecified atom stereocenters. The molecule has 150 valence electrons. The first-order valence-electron chi connectivity index (χ1n) is 10.3. The molecule has 3 aliphatic heterocycles. The summed E-state index contributed by atoms with van der Waals surface area (Å²) in [4.78, 5) is 41.1. The Labute approximate surface area is 165 Å². The fraction of sp³-hybridized carbons (Fsp3) is 0.571. The Kier molecular flexibility index (Phi) is 5.62. The third-order valence-electron chi connectivity index (χ3n) is 6.14. The number of piperazine rings is 1. The molecular formula is C21H28N4O3. The predicted octanol–water partition coefficient (Wildman–Crippen LogP) is 1.00. The fourth-order valence-corrected chi connectivity index (χ4v) is 4.55. The molecule has 7 nitrogen and oxygen atoms in total. The van der Waals surface area contributed by atoms with Crippen molar-refractivity contribution >= 4 is 23.4 Å². The van der Waals surface area contributed by atoms with Crippen molar-refractivity contribution in [3.05, 3.63) is 29.8 Å². The first-order valence-corrected chi connectivity index (χ1v) is 10.3. The van der Waals surface area contributed by atoms with Crippen LogP contribution in [0.5, 0.6) is 0 Å². The summed E-state index contributed by atoms with van der Waals surface area (Å²) in [5.74, 6) is 0.0747. The number of piperidine rings is 1. The van der Waals surface area contributed by atoms with Crippen molar-refractivity contribution < 1.29 is 14.4 Å². The van der Waals surface area contributed by atoms with Gasteiger partial charge in [-0.05, 0) is 37.3 Å². The van der Waals surface area contributed by atoms with E-state index in [0.717, 1.165) is 37.2 Å². The molecule has 0 saturated carbocycles. The topological polar surface area (TPSA) is 81.8 Å². The van der Waals surface area contributed by atoms with Gasteiger partial charge in [-0.2, -0.15) is 0 Å². The molecule has 2 fully saturated rings. The molecule has 3 heterocycles. The van der Waals surface area contributed by atoms with Crippen molar-refractivity contribution in [1.82, 2.24) is 15.1 Å². The number of anilines is 1. The van der Waals surface area contributed by atoms with Gasteiger partial charge in [0, 0.05) is 50.2 Å². The third kappa shape index (κ3) is 4.04. The highest BCUT2D eigenvalue weighted by Gasteiger charge is 2.32. The summed E-state index contributed by atoms with van der Waals surface area (Å²) in [5.41, 5.74) is 2.02. The standard InChI is InChI=1S/C21H28N4O3/c26-19(8-7-16-12-15-4-1-2-6-18(15)23-21(16)28)24-10-3-5-17(14-24)25-11-9-22-13-20(25)27/h1-2,4,6,16-17,22H,3,5,7-14H2,(H,23,28). The van der Waals surface area contributed by atoms with E-state index in [4.69, 9.17) is 0 Å². The van der Waals surface area contributed by atoms with Crippen LogP contribution in [0.1, 0.15) is 31.2 Å². The lowest BCUT2D eigenvalue weighted by molar-refractivity contribution is -0.140. The zero-order valence-electron chi connectivity index (χ0n) is 16.2. The maximum absolute atomic E-state index is 12.8. The van der Waals surface area contributed by atoms with Gasteiger partial charge < -0.3 is 20.4 Å². The first-order chi connectivity index (χ1) is 13.6. The summed E-state index contributed by atoms with van der Waals surface area (Å²) < 4.78 is 0. The van der Waals surface area contributed by atoms with Crippen LogP contribution in [0.4, 0.5) is 5.69 Å². The van der Waals surface area contributed by atoms with Crippen molar-refractivity contribution in [2.45, 2.75) is 38.1 Å². The molecule has 2 N–H and O–H groups in total. The van der Waals surface area contributed by atoms with Crippen LogP contribution < -0.4 is 10.6 Å². The van der Waals surface area contributed by atoms with Crippen LogP contribution in [-0.4, -0.2) is 66.3 Å². The highest BCUT2D eigenvalue weighted by atomic mass is 16.2. The summed E-state index contributed by atoms with van der Waals surface area (Å²) in [5, 5.41) is 6.05. The lowest BCUT2D eigenvalue weighted by Gasteiger charge is -2.41. The van der Waals surface area contributed by atoms with Crippen molar-refractivity contribution in [2.75, 3.05) is 38.0 Å². The molecule has 0 aliphatic carbocycles. The second-order valence-corrected chi connectivity index (χ2v) is 7.99. The van der Waals surface area contributed by atoms with E-state index in [1.54, 1.807) is 0 Å². The Morgan fingerprint density at radius 3 is 2.89 bits per heavy atom. The number of nitrogens with one attached hydrogen (secondary N) is 2. The molecule has 0 spiro atoms. The minimum Gasteiger partial charge on any atom is -0.341 e. The van der Waals surface area contributed by atoms with Crippen molar-refractivity contribution in [1.29, 1.82) is 0 Å². The molecule has 4 rings (SSSR count). The first kappa shape index (κ1) is 18.9. The molecule has 0 aromatic heterocycles. The number of nitrogens with zero attached hydrogens (tertiary/aromatic N) is 2. The van der Waals surface area contributed by atoms with Gasteiger partial charge in [0.25, 0.3) is 0 Å². The highest BCUT2D eigenvalue weighted by molar-refractivity contribution is 5.96. The number of benzene rings is 1.